The molecule has 2 fully saturated rings. The van der Waals surface area contributed by atoms with Gasteiger partial charge in [0.1, 0.15) is 10.6 Å². The summed E-state index contributed by atoms with van der Waals surface area (Å²) < 4.78 is 38.3. The summed E-state index contributed by atoms with van der Waals surface area (Å²) in [7, 11) is -2.43. The van der Waals surface area contributed by atoms with Gasteiger partial charge in [-0.05, 0) is 50.8 Å². The van der Waals surface area contributed by atoms with E-state index in [0.29, 0.717) is 13.1 Å². The van der Waals surface area contributed by atoms with Gasteiger partial charge in [0, 0.05) is 19.1 Å². The summed E-state index contributed by atoms with van der Waals surface area (Å²) in [5, 5.41) is 2.77. The Labute approximate surface area is 171 Å². The molecule has 29 heavy (non-hydrogen) atoms. The largest absolute Gasteiger partial charge is 0.495 e. The SMILES string of the molecule is COc1ccc(C(=O)OC(C)C(=O)NC2CC2)cc1S(=O)(=O)N1CCCCCC1. The van der Waals surface area contributed by atoms with Crippen LogP contribution in [-0.2, 0) is 19.6 Å². The van der Waals surface area contributed by atoms with Gasteiger partial charge >= 0.3 is 5.97 Å². The van der Waals surface area contributed by atoms with Gasteiger partial charge in [0.25, 0.3) is 5.91 Å². The van der Waals surface area contributed by atoms with Crippen molar-refractivity contribution >= 4 is 21.9 Å². The number of nitrogens with one attached hydrogen (secondary N) is 1. The average Bonchev–Trinajstić information content (AvgIpc) is 3.54. The zero-order valence-corrected chi connectivity index (χ0v) is 17.7. The third-order valence-electron chi connectivity index (χ3n) is 5.16. The maximum Gasteiger partial charge on any atom is 0.338 e. The lowest BCUT2D eigenvalue weighted by Gasteiger charge is -2.21. The molecule has 1 saturated carbocycles. The van der Waals surface area contributed by atoms with E-state index in [4.69, 9.17) is 9.47 Å². The van der Waals surface area contributed by atoms with Crippen LogP contribution >= 0.6 is 0 Å². The van der Waals surface area contributed by atoms with Crippen molar-refractivity contribution in [1.29, 1.82) is 0 Å². The predicted octanol–water partition coefficient (Wildman–Crippen LogP) is 2.08. The van der Waals surface area contributed by atoms with Crippen molar-refractivity contribution in [3.05, 3.63) is 23.8 Å². The number of carbonyl (C=O) groups excluding carboxylic acids is 2. The average molecular weight is 425 g/mol. The molecule has 1 heterocycles. The number of carbonyl (C=O) groups is 2. The van der Waals surface area contributed by atoms with E-state index in [1.165, 1.54) is 36.5 Å². The molecule has 1 aliphatic carbocycles. The minimum absolute atomic E-state index is 0.0604. The molecule has 1 unspecified atom stereocenters. The first-order valence-corrected chi connectivity index (χ1v) is 11.5. The molecular formula is C20H28N2O6S. The number of nitrogens with zero attached hydrogens (tertiary/aromatic N) is 1. The summed E-state index contributed by atoms with van der Waals surface area (Å²) in [5.74, 6) is -0.935. The van der Waals surface area contributed by atoms with E-state index in [1.807, 2.05) is 0 Å². The van der Waals surface area contributed by atoms with Gasteiger partial charge in [-0.3, -0.25) is 4.79 Å². The third-order valence-corrected chi connectivity index (χ3v) is 7.08. The standard InChI is InChI=1S/C20H28N2O6S/c1-14(19(23)21-16-8-9-16)28-20(24)15-7-10-17(27-2)18(13-15)29(25,26)22-11-5-3-4-6-12-22/h7,10,13-14,16H,3-6,8-9,11-12H2,1-2H3,(H,21,23). The number of rotatable bonds is 7. The highest BCUT2D eigenvalue weighted by Crippen LogP contribution is 2.29. The highest BCUT2D eigenvalue weighted by molar-refractivity contribution is 7.89. The maximum absolute atomic E-state index is 13.2. The summed E-state index contributed by atoms with van der Waals surface area (Å²) in [4.78, 5) is 24.5. The normalized spacial score (nSPS) is 19.1. The zero-order chi connectivity index (χ0) is 21.0. The minimum Gasteiger partial charge on any atom is -0.495 e. The molecule has 0 bridgehead atoms. The van der Waals surface area contributed by atoms with Gasteiger partial charge in [-0.25, -0.2) is 13.2 Å². The van der Waals surface area contributed by atoms with Gasteiger partial charge in [-0.2, -0.15) is 4.31 Å². The van der Waals surface area contributed by atoms with Crippen LogP contribution in [0.3, 0.4) is 0 Å². The fraction of sp³-hybridized carbons (Fsp3) is 0.600. The third kappa shape index (κ3) is 5.27. The van der Waals surface area contributed by atoms with Crippen LogP contribution in [-0.4, -0.2) is 56.9 Å². The lowest BCUT2D eigenvalue weighted by atomic mass is 10.2. The van der Waals surface area contributed by atoms with Crippen LogP contribution in [0.2, 0.25) is 0 Å². The number of sulfonamides is 1. The fourth-order valence-electron chi connectivity index (χ4n) is 3.25. The summed E-state index contributed by atoms with van der Waals surface area (Å²) in [6.07, 6.45) is 4.50. The summed E-state index contributed by atoms with van der Waals surface area (Å²) in [6, 6.07) is 4.31. The molecule has 1 aromatic carbocycles. The summed E-state index contributed by atoms with van der Waals surface area (Å²) in [6.45, 7) is 2.38. The Bertz CT molecular complexity index is 858. The first-order chi connectivity index (χ1) is 13.8. The molecule has 2 aliphatic rings. The quantitative estimate of drug-likeness (QED) is 0.673. The van der Waals surface area contributed by atoms with Gasteiger partial charge in [0.2, 0.25) is 10.0 Å². The second kappa shape index (κ2) is 9.13. The van der Waals surface area contributed by atoms with Crippen molar-refractivity contribution in [3.8, 4) is 5.75 Å². The molecule has 1 saturated heterocycles. The number of ether oxygens (including phenoxy) is 2. The first kappa shape index (κ1) is 21.6. The Morgan fingerprint density at radius 2 is 1.79 bits per heavy atom. The van der Waals surface area contributed by atoms with Crippen LogP contribution in [0.5, 0.6) is 5.75 Å². The molecule has 160 valence electrons. The Morgan fingerprint density at radius 3 is 2.38 bits per heavy atom. The van der Waals surface area contributed by atoms with Gasteiger partial charge < -0.3 is 14.8 Å². The molecule has 1 amide bonds. The smallest absolute Gasteiger partial charge is 0.338 e. The number of benzene rings is 1. The highest BCUT2D eigenvalue weighted by Gasteiger charge is 2.31. The molecule has 1 aromatic rings. The van der Waals surface area contributed by atoms with Crippen molar-refractivity contribution in [2.45, 2.75) is 62.5 Å². The van der Waals surface area contributed by atoms with Crippen LogP contribution in [0.25, 0.3) is 0 Å². The molecule has 9 heteroatoms. The van der Waals surface area contributed by atoms with Crippen LogP contribution in [0.15, 0.2) is 23.1 Å². The summed E-state index contributed by atoms with van der Waals surface area (Å²) in [5.41, 5.74) is 0.0604. The van der Waals surface area contributed by atoms with E-state index in [2.05, 4.69) is 5.32 Å². The lowest BCUT2D eigenvalue weighted by Crippen LogP contribution is -2.37. The molecule has 8 nitrogen and oxygen atoms in total. The van der Waals surface area contributed by atoms with Crippen molar-refractivity contribution < 1.29 is 27.5 Å². The topological polar surface area (TPSA) is 102 Å². The van der Waals surface area contributed by atoms with Crippen molar-refractivity contribution in [2.75, 3.05) is 20.2 Å². The zero-order valence-electron chi connectivity index (χ0n) is 16.8. The summed E-state index contributed by atoms with van der Waals surface area (Å²) >= 11 is 0. The van der Waals surface area contributed by atoms with Crippen molar-refractivity contribution in [3.63, 3.8) is 0 Å². The van der Waals surface area contributed by atoms with Gasteiger partial charge in [0.15, 0.2) is 6.10 Å². The Kier molecular flexibility index (Phi) is 6.79. The Morgan fingerprint density at radius 1 is 1.14 bits per heavy atom. The molecular weight excluding hydrogens is 396 g/mol. The first-order valence-electron chi connectivity index (χ1n) is 10.0. The van der Waals surface area contributed by atoms with E-state index in [-0.39, 0.29) is 28.2 Å². The van der Waals surface area contributed by atoms with Crippen LogP contribution in [0.4, 0.5) is 0 Å². The molecule has 1 atom stereocenters. The molecule has 0 aromatic heterocycles. The molecule has 1 aliphatic heterocycles. The number of hydrogen-bond donors (Lipinski definition) is 1. The van der Waals surface area contributed by atoms with Crippen LogP contribution in [0.1, 0.15) is 55.8 Å². The number of methoxy groups -OCH3 is 1. The van der Waals surface area contributed by atoms with E-state index >= 15 is 0 Å². The molecule has 0 spiro atoms. The van der Waals surface area contributed by atoms with E-state index < -0.39 is 22.1 Å². The monoisotopic (exact) mass is 424 g/mol. The van der Waals surface area contributed by atoms with Crippen molar-refractivity contribution in [1.82, 2.24) is 9.62 Å². The molecule has 3 rings (SSSR count). The number of amides is 1. The van der Waals surface area contributed by atoms with Gasteiger partial charge in [0.05, 0.1) is 12.7 Å². The van der Waals surface area contributed by atoms with Crippen molar-refractivity contribution in [2.24, 2.45) is 0 Å². The fourth-order valence-corrected chi connectivity index (χ4v) is 4.95. The molecule has 1 N–H and O–H groups in total. The number of hydrogen-bond acceptors (Lipinski definition) is 6. The van der Waals surface area contributed by atoms with E-state index in [0.717, 1.165) is 38.5 Å². The second-order valence-corrected chi connectivity index (χ2v) is 9.42. The number of esters is 1. The second-order valence-electron chi connectivity index (χ2n) is 7.51. The Balaban J connectivity index is 1.80. The minimum atomic E-state index is -3.82. The lowest BCUT2D eigenvalue weighted by molar-refractivity contribution is -0.129. The Hall–Kier alpha value is -2.13. The maximum atomic E-state index is 13.2. The van der Waals surface area contributed by atoms with Crippen LogP contribution < -0.4 is 10.1 Å². The van der Waals surface area contributed by atoms with E-state index in [1.54, 1.807) is 0 Å². The van der Waals surface area contributed by atoms with Crippen LogP contribution in [0, 0.1) is 0 Å². The highest BCUT2D eigenvalue weighted by atomic mass is 32.2. The molecule has 0 radical (unpaired) electrons. The van der Waals surface area contributed by atoms with Gasteiger partial charge in [-0.15, -0.1) is 0 Å². The predicted molar refractivity (Wildman–Crippen MR) is 106 cm³/mol. The van der Waals surface area contributed by atoms with Gasteiger partial charge in [-0.1, -0.05) is 12.8 Å². The van der Waals surface area contributed by atoms with E-state index in [9.17, 15) is 18.0 Å².